The van der Waals surface area contributed by atoms with E-state index < -0.39 is 5.79 Å². The summed E-state index contributed by atoms with van der Waals surface area (Å²) in [6.45, 7) is 12.9. The van der Waals surface area contributed by atoms with Gasteiger partial charge in [0.1, 0.15) is 0 Å². The zero-order valence-corrected chi connectivity index (χ0v) is 9.43. The van der Waals surface area contributed by atoms with Gasteiger partial charge in [-0.1, -0.05) is 20.3 Å². The Kier molecular flexibility index (Phi) is 6.35. The second kappa shape index (κ2) is 6.39. The third-order valence-corrected chi connectivity index (χ3v) is 1.85. The van der Waals surface area contributed by atoms with Crippen LogP contribution in [0, 0.1) is 6.92 Å². The van der Waals surface area contributed by atoms with Crippen LogP contribution in [-0.4, -0.2) is 18.5 Å². The zero-order valence-electron chi connectivity index (χ0n) is 9.43. The molecule has 0 N–H and O–H groups in total. The van der Waals surface area contributed by atoms with E-state index in [0.717, 1.165) is 25.9 Å². The van der Waals surface area contributed by atoms with Gasteiger partial charge in [-0.05, 0) is 26.7 Å². The molecule has 1 radical (unpaired) electrons. The van der Waals surface area contributed by atoms with Gasteiger partial charge in [-0.15, -0.1) is 0 Å². The third-order valence-electron chi connectivity index (χ3n) is 1.85. The van der Waals surface area contributed by atoms with E-state index in [1.165, 1.54) is 0 Å². The van der Waals surface area contributed by atoms with E-state index in [2.05, 4.69) is 13.8 Å². The molecular weight excluding hydrogens is 164 g/mol. The number of ether oxygens (including phenoxy) is 2. The van der Waals surface area contributed by atoms with Crippen LogP contribution in [0.15, 0.2) is 0 Å². The maximum Gasteiger partial charge on any atom is 0.168 e. The van der Waals surface area contributed by atoms with Crippen LogP contribution in [0.2, 0.25) is 0 Å². The summed E-state index contributed by atoms with van der Waals surface area (Å²) in [6, 6.07) is 0. The van der Waals surface area contributed by atoms with E-state index in [1.807, 2.05) is 20.8 Å². The normalized spacial score (nSPS) is 16.2. The van der Waals surface area contributed by atoms with Crippen LogP contribution in [0.25, 0.3) is 0 Å². The van der Waals surface area contributed by atoms with Gasteiger partial charge in [-0.25, -0.2) is 0 Å². The van der Waals surface area contributed by atoms with Crippen molar-refractivity contribution in [2.24, 2.45) is 0 Å². The van der Waals surface area contributed by atoms with Gasteiger partial charge in [-0.3, -0.25) is 0 Å². The highest BCUT2D eigenvalue weighted by Crippen LogP contribution is 2.19. The number of rotatable bonds is 7. The Morgan fingerprint density at radius 1 is 1.31 bits per heavy atom. The lowest BCUT2D eigenvalue weighted by atomic mass is 10.2. The molecule has 79 valence electrons. The molecule has 0 saturated carbocycles. The largest absolute Gasteiger partial charge is 0.350 e. The van der Waals surface area contributed by atoms with E-state index >= 15 is 0 Å². The fourth-order valence-corrected chi connectivity index (χ4v) is 1.05. The van der Waals surface area contributed by atoms with Crippen LogP contribution in [0.4, 0.5) is 0 Å². The molecule has 2 nitrogen and oxygen atoms in total. The Balaban J connectivity index is 3.81. The maximum atomic E-state index is 5.60. The summed E-state index contributed by atoms with van der Waals surface area (Å²) in [7, 11) is 0. The monoisotopic (exact) mass is 187 g/mol. The highest BCUT2D eigenvalue weighted by molar-refractivity contribution is 4.71. The molecule has 13 heavy (non-hydrogen) atoms. The Hall–Kier alpha value is -0.0800. The van der Waals surface area contributed by atoms with Crippen molar-refractivity contribution in [3.8, 4) is 0 Å². The molecule has 0 amide bonds. The first-order valence-electron chi connectivity index (χ1n) is 5.21. The van der Waals surface area contributed by atoms with E-state index in [0.29, 0.717) is 0 Å². The molecule has 0 aromatic carbocycles. The predicted molar refractivity (Wildman–Crippen MR) is 55.5 cm³/mol. The van der Waals surface area contributed by atoms with Crippen LogP contribution in [0.3, 0.4) is 0 Å². The Labute approximate surface area is 82.6 Å². The van der Waals surface area contributed by atoms with Gasteiger partial charge in [0.2, 0.25) is 0 Å². The van der Waals surface area contributed by atoms with Crippen molar-refractivity contribution in [1.29, 1.82) is 0 Å². The van der Waals surface area contributed by atoms with Gasteiger partial charge in [0.05, 0.1) is 12.7 Å². The lowest BCUT2D eigenvalue weighted by Gasteiger charge is -2.30. The van der Waals surface area contributed by atoms with E-state index in [-0.39, 0.29) is 6.10 Å². The van der Waals surface area contributed by atoms with Crippen molar-refractivity contribution >= 4 is 0 Å². The van der Waals surface area contributed by atoms with Gasteiger partial charge >= 0.3 is 0 Å². The van der Waals surface area contributed by atoms with E-state index in [9.17, 15) is 0 Å². The first-order chi connectivity index (χ1) is 6.04. The number of hydrogen-bond acceptors (Lipinski definition) is 2. The average Bonchev–Trinajstić information content (AvgIpc) is 2.04. The minimum atomic E-state index is -0.636. The standard InChI is InChI=1S/C11H23O2/c1-6-8-9-12-11(5,7-2)13-10(3)4/h10H,5-9H2,1-4H3. The summed E-state index contributed by atoms with van der Waals surface area (Å²) in [5.41, 5.74) is 0. The molecule has 0 saturated heterocycles. The van der Waals surface area contributed by atoms with Crippen LogP contribution in [0.5, 0.6) is 0 Å². The minimum absolute atomic E-state index is 0.166. The van der Waals surface area contributed by atoms with E-state index in [1.54, 1.807) is 0 Å². The molecule has 0 aliphatic carbocycles. The Morgan fingerprint density at radius 2 is 1.92 bits per heavy atom. The SMILES string of the molecule is [CH2]C(CC)(OCCCC)OC(C)C. The number of unbranched alkanes of at least 4 members (excludes halogenated alkanes) is 1. The molecule has 1 atom stereocenters. The summed E-state index contributed by atoms with van der Waals surface area (Å²) in [6.07, 6.45) is 3.16. The molecule has 0 heterocycles. The lowest BCUT2D eigenvalue weighted by Crippen LogP contribution is -2.35. The van der Waals surface area contributed by atoms with Crippen LogP contribution in [0.1, 0.15) is 47.0 Å². The quantitative estimate of drug-likeness (QED) is 0.450. The predicted octanol–water partition coefficient (Wildman–Crippen LogP) is 3.17. The molecule has 0 aliphatic heterocycles. The first-order valence-corrected chi connectivity index (χ1v) is 5.21. The summed E-state index contributed by atoms with van der Waals surface area (Å²) in [4.78, 5) is 0. The molecule has 0 fully saturated rings. The second-order valence-corrected chi connectivity index (χ2v) is 3.63. The molecule has 0 spiro atoms. The highest BCUT2D eigenvalue weighted by Gasteiger charge is 2.24. The molecule has 1 unspecified atom stereocenters. The van der Waals surface area contributed by atoms with Crippen LogP contribution < -0.4 is 0 Å². The number of hydrogen-bond donors (Lipinski definition) is 0. The topological polar surface area (TPSA) is 18.5 Å². The molecule has 2 heteroatoms. The van der Waals surface area contributed by atoms with Gasteiger partial charge in [0.25, 0.3) is 0 Å². The van der Waals surface area contributed by atoms with Crippen molar-refractivity contribution in [3.05, 3.63) is 6.92 Å². The van der Waals surface area contributed by atoms with Crippen molar-refractivity contribution < 1.29 is 9.47 Å². The summed E-state index contributed by atoms with van der Waals surface area (Å²) < 4.78 is 11.2. The molecule has 0 aromatic heterocycles. The van der Waals surface area contributed by atoms with Crippen LogP contribution >= 0.6 is 0 Å². The first kappa shape index (κ1) is 12.9. The highest BCUT2D eigenvalue weighted by atomic mass is 16.7. The van der Waals surface area contributed by atoms with Crippen LogP contribution in [-0.2, 0) is 9.47 Å². The van der Waals surface area contributed by atoms with Gasteiger partial charge in [-0.2, -0.15) is 0 Å². The lowest BCUT2D eigenvalue weighted by molar-refractivity contribution is -0.226. The van der Waals surface area contributed by atoms with Crippen molar-refractivity contribution in [2.45, 2.75) is 58.8 Å². The Morgan fingerprint density at radius 3 is 2.31 bits per heavy atom. The zero-order chi connectivity index (χ0) is 10.3. The summed E-state index contributed by atoms with van der Waals surface area (Å²) in [5.74, 6) is -0.636. The molecular formula is C11H23O2. The fourth-order valence-electron chi connectivity index (χ4n) is 1.05. The minimum Gasteiger partial charge on any atom is -0.350 e. The van der Waals surface area contributed by atoms with Crippen molar-refractivity contribution in [1.82, 2.24) is 0 Å². The molecule has 0 aromatic rings. The van der Waals surface area contributed by atoms with E-state index in [4.69, 9.17) is 9.47 Å². The fraction of sp³-hybridized carbons (Fsp3) is 0.909. The second-order valence-electron chi connectivity index (χ2n) is 3.63. The third kappa shape index (κ3) is 6.05. The smallest absolute Gasteiger partial charge is 0.168 e. The molecule has 0 aliphatic rings. The Bertz CT molecular complexity index is 123. The summed E-state index contributed by atoms with van der Waals surface area (Å²) >= 11 is 0. The van der Waals surface area contributed by atoms with Gasteiger partial charge in [0, 0.05) is 6.92 Å². The van der Waals surface area contributed by atoms with Gasteiger partial charge < -0.3 is 9.47 Å². The molecule has 0 bridgehead atoms. The summed E-state index contributed by atoms with van der Waals surface area (Å²) in [5, 5.41) is 0. The van der Waals surface area contributed by atoms with Gasteiger partial charge in [0.15, 0.2) is 5.79 Å². The molecule has 0 rings (SSSR count). The maximum absolute atomic E-state index is 5.60. The van der Waals surface area contributed by atoms with Crippen molar-refractivity contribution in [2.75, 3.05) is 6.61 Å². The average molecular weight is 187 g/mol. The van der Waals surface area contributed by atoms with Crippen molar-refractivity contribution in [3.63, 3.8) is 0 Å².